The molecule has 0 saturated heterocycles. The molecule has 24 heavy (non-hydrogen) atoms. The Bertz CT molecular complexity index is 688. The predicted octanol–water partition coefficient (Wildman–Crippen LogP) is 3.44. The van der Waals surface area contributed by atoms with Gasteiger partial charge in [-0.05, 0) is 46.1 Å². The van der Waals surface area contributed by atoms with Gasteiger partial charge in [-0.2, -0.15) is 0 Å². The molecule has 1 heterocycles. The zero-order valence-corrected chi connectivity index (χ0v) is 16.5. The Morgan fingerprint density at radius 2 is 1.96 bits per heavy atom. The molecule has 2 rings (SSSR count). The number of hydrogen-bond acceptors (Lipinski definition) is 4. The number of thiophene rings is 1. The lowest BCUT2D eigenvalue weighted by Gasteiger charge is -2.12. The second-order valence-corrected chi connectivity index (χ2v) is 6.93. The van der Waals surface area contributed by atoms with Gasteiger partial charge in [-0.1, -0.05) is 6.07 Å². The molecule has 0 spiro atoms. The molecule has 0 aliphatic heterocycles. The Balaban J connectivity index is 1.81. The lowest BCUT2D eigenvalue weighted by atomic mass is 10.1. The van der Waals surface area contributed by atoms with Crippen molar-refractivity contribution in [2.45, 2.75) is 13.0 Å². The van der Waals surface area contributed by atoms with Crippen molar-refractivity contribution in [1.82, 2.24) is 10.6 Å². The van der Waals surface area contributed by atoms with E-state index in [4.69, 9.17) is 9.47 Å². The van der Waals surface area contributed by atoms with Crippen molar-refractivity contribution < 1.29 is 9.47 Å². The molecule has 7 heteroatoms. The molecule has 0 radical (unpaired) electrons. The molecule has 0 unspecified atom stereocenters. The molecule has 0 atom stereocenters. The Morgan fingerprint density at radius 1 is 1.17 bits per heavy atom. The minimum atomic E-state index is 0.744. The maximum absolute atomic E-state index is 5.33. The minimum absolute atomic E-state index is 0.744. The molecule has 0 bridgehead atoms. The summed E-state index contributed by atoms with van der Waals surface area (Å²) in [5.74, 6) is 2.29. The van der Waals surface area contributed by atoms with Gasteiger partial charge >= 0.3 is 0 Å². The van der Waals surface area contributed by atoms with Crippen LogP contribution in [0.4, 0.5) is 0 Å². The van der Waals surface area contributed by atoms with E-state index in [1.807, 2.05) is 18.2 Å². The standard InChI is InChI=1S/C17H22BrN3O2S/c1-19-17(21-10-14-9-13(18)11-24-14)20-7-6-12-4-5-15(22-2)16(8-12)23-3/h4-5,8-9,11H,6-7,10H2,1-3H3,(H2,19,20,21). The number of nitrogens with zero attached hydrogens (tertiary/aromatic N) is 1. The number of hydrogen-bond donors (Lipinski definition) is 2. The summed E-state index contributed by atoms with van der Waals surface area (Å²) >= 11 is 5.18. The van der Waals surface area contributed by atoms with Crippen molar-refractivity contribution >= 4 is 33.2 Å². The summed E-state index contributed by atoms with van der Waals surface area (Å²) in [5.41, 5.74) is 1.18. The summed E-state index contributed by atoms with van der Waals surface area (Å²) in [7, 11) is 5.06. The van der Waals surface area contributed by atoms with Crippen molar-refractivity contribution in [2.75, 3.05) is 27.8 Å². The number of nitrogens with one attached hydrogen (secondary N) is 2. The van der Waals surface area contributed by atoms with Crippen molar-refractivity contribution in [3.05, 3.63) is 44.6 Å². The molecule has 2 N–H and O–H groups in total. The fourth-order valence-corrected chi connectivity index (χ4v) is 3.59. The van der Waals surface area contributed by atoms with Gasteiger partial charge in [0.05, 0.1) is 20.8 Å². The van der Waals surface area contributed by atoms with E-state index in [-0.39, 0.29) is 0 Å². The van der Waals surface area contributed by atoms with E-state index >= 15 is 0 Å². The Labute approximate surface area is 155 Å². The van der Waals surface area contributed by atoms with Crippen LogP contribution in [-0.2, 0) is 13.0 Å². The SMILES string of the molecule is CN=C(NCCc1ccc(OC)c(OC)c1)NCc1cc(Br)cs1. The van der Waals surface area contributed by atoms with Crippen molar-refractivity contribution in [3.63, 3.8) is 0 Å². The second-order valence-electron chi connectivity index (χ2n) is 5.02. The molecule has 5 nitrogen and oxygen atoms in total. The smallest absolute Gasteiger partial charge is 0.191 e. The highest BCUT2D eigenvalue weighted by Gasteiger charge is 2.05. The van der Waals surface area contributed by atoms with E-state index in [1.54, 1.807) is 32.6 Å². The zero-order valence-electron chi connectivity index (χ0n) is 14.1. The van der Waals surface area contributed by atoms with Gasteiger partial charge in [0.1, 0.15) is 0 Å². The fraction of sp³-hybridized carbons (Fsp3) is 0.353. The molecular weight excluding hydrogens is 390 g/mol. The highest BCUT2D eigenvalue weighted by Crippen LogP contribution is 2.27. The Kier molecular flexibility index (Phi) is 7.39. The van der Waals surface area contributed by atoms with Gasteiger partial charge in [0, 0.05) is 28.3 Å². The van der Waals surface area contributed by atoms with Crippen molar-refractivity contribution in [3.8, 4) is 11.5 Å². The van der Waals surface area contributed by atoms with Gasteiger partial charge in [0.2, 0.25) is 0 Å². The van der Waals surface area contributed by atoms with E-state index in [1.165, 1.54) is 10.4 Å². The number of aliphatic imine (C=N–C) groups is 1. The molecule has 0 amide bonds. The largest absolute Gasteiger partial charge is 0.493 e. The molecule has 0 aliphatic rings. The van der Waals surface area contributed by atoms with Crippen LogP contribution >= 0.6 is 27.3 Å². The van der Waals surface area contributed by atoms with E-state index in [2.05, 4.69) is 43.0 Å². The lowest BCUT2D eigenvalue weighted by molar-refractivity contribution is 0.354. The topological polar surface area (TPSA) is 54.9 Å². The van der Waals surface area contributed by atoms with E-state index < -0.39 is 0 Å². The first-order valence-electron chi connectivity index (χ1n) is 7.54. The first kappa shape index (κ1) is 18.6. The zero-order chi connectivity index (χ0) is 17.4. The Hall–Kier alpha value is -1.73. The number of ether oxygens (including phenoxy) is 2. The van der Waals surface area contributed by atoms with Crippen LogP contribution in [0.1, 0.15) is 10.4 Å². The van der Waals surface area contributed by atoms with Crippen LogP contribution < -0.4 is 20.1 Å². The van der Waals surface area contributed by atoms with E-state index in [0.717, 1.165) is 41.4 Å². The number of halogens is 1. The predicted molar refractivity (Wildman–Crippen MR) is 103 cm³/mol. The Morgan fingerprint density at radius 3 is 2.58 bits per heavy atom. The van der Waals surface area contributed by atoms with Crippen LogP contribution in [-0.4, -0.2) is 33.8 Å². The number of methoxy groups -OCH3 is 2. The normalized spacial score (nSPS) is 11.2. The van der Waals surface area contributed by atoms with E-state index in [0.29, 0.717) is 0 Å². The van der Waals surface area contributed by atoms with Gasteiger partial charge in [-0.25, -0.2) is 0 Å². The van der Waals surface area contributed by atoms with Gasteiger partial charge in [0.15, 0.2) is 17.5 Å². The number of rotatable bonds is 7. The summed E-state index contributed by atoms with van der Waals surface area (Å²) in [5, 5.41) is 8.70. The number of guanidine groups is 1. The first-order chi connectivity index (χ1) is 11.7. The fourth-order valence-electron chi connectivity index (χ4n) is 2.20. The molecule has 1 aromatic carbocycles. The van der Waals surface area contributed by atoms with Gasteiger partial charge in [0.25, 0.3) is 0 Å². The third-order valence-corrected chi connectivity index (χ3v) is 5.13. The summed E-state index contributed by atoms with van der Waals surface area (Å²) in [6.45, 7) is 1.54. The summed E-state index contributed by atoms with van der Waals surface area (Å²) in [6.07, 6.45) is 0.867. The number of benzene rings is 1. The van der Waals surface area contributed by atoms with Crippen LogP contribution in [0.25, 0.3) is 0 Å². The van der Waals surface area contributed by atoms with E-state index in [9.17, 15) is 0 Å². The molecule has 130 valence electrons. The molecular formula is C17H22BrN3O2S. The van der Waals surface area contributed by atoms with Gasteiger partial charge < -0.3 is 20.1 Å². The minimum Gasteiger partial charge on any atom is -0.493 e. The lowest BCUT2D eigenvalue weighted by Crippen LogP contribution is -2.37. The molecule has 2 aromatic rings. The average molecular weight is 412 g/mol. The quantitative estimate of drug-likeness (QED) is 0.541. The second kappa shape index (κ2) is 9.54. The van der Waals surface area contributed by atoms with Crippen LogP contribution in [0.15, 0.2) is 39.1 Å². The maximum Gasteiger partial charge on any atom is 0.191 e. The summed E-state index contributed by atoms with van der Waals surface area (Å²) < 4.78 is 11.7. The molecule has 0 saturated carbocycles. The molecule has 1 aromatic heterocycles. The van der Waals surface area contributed by atoms with Crippen LogP contribution in [0.3, 0.4) is 0 Å². The maximum atomic E-state index is 5.33. The third-order valence-electron chi connectivity index (χ3n) is 3.43. The molecule has 0 aliphatic carbocycles. The van der Waals surface area contributed by atoms with Crippen LogP contribution in [0.5, 0.6) is 11.5 Å². The highest BCUT2D eigenvalue weighted by atomic mass is 79.9. The van der Waals surface area contributed by atoms with Crippen molar-refractivity contribution in [2.24, 2.45) is 4.99 Å². The summed E-state index contributed by atoms with van der Waals surface area (Å²) in [4.78, 5) is 5.50. The monoisotopic (exact) mass is 411 g/mol. The average Bonchev–Trinajstić information content (AvgIpc) is 3.03. The first-order valence-corrected chi connectivity index (χ1v) is 9.22. The third kappa shape index (κ3) is 5.42. The van der Waals surface area contributed by atoms with Crippen LogP contribution in [0, 0.1) is 0 Å². The van der Waals surface area contributed by atoms with Gasteiger partial charge in [-0.3, -0.25) is 4.99 Å². The highest BCUT2D eigenvalue weighted by molar-refractivity contribution is 9.10. The molecule has 0 fully saturated rings. The van der Waals surface area contributed by atoms with Crippen LogP contribution in [0.2, 0.25) is 0 Å². The van der Waals surface area contributed by atoms with Gasteiger partial charge in [-0.15, -0.1) is 11.3 Å². The van der Waals surface area contributed by atoms with Crippen molar-refractivity contribution in [1.29, 1.82) is 0 Å². The summed E-state index contributed by atoms with van der Waals surface area (Å²) in [6, 6.07) is 8.08.